The number of allylic oxidation sites excluding steroid dienone is 1. The van der Waals surface area contributed by atoms with E-state index in [0.717, 1.165) is 12.0 Å². The monoisotopic (exact) mass is 260 g/mol. The van der Waals surface area contributed by atoms with E-state index in [1.54, 1.807) is 0 Å². The Hall–Kier alpha value is -0.340. The minimum Gasteiger partial charge on any atom is -0.299 e. The van der Waals surface area contributed by atoms with Crippen LogP contribution in [-0.4, -0.2) is 11.6 Å². The third kappa shape index (κ3) is 1.82. The molecule has 0 aromatic rings. The molecule has 0 spiro atoms. The van der Waals surface area contributed by atoms with Crippen molar-refractivity contribution in [2.24, 2.45) is 17.8 Å². The van der Waals surface area contributed by atoms with Crippen LogP contribution in [0.15, 0.2) is 10.1 Å². The van der Waals surface area contributed by atoms with Gasteiger partial charge in [0.05, 0.1) is 0 Å². The average molecular weight is 261 g/mol. The van der Waals surface area contributed by atoms with Crippen molar-refractivity contribution in [2.45, 2.75) is 32.6 Å². The fourth-order valence-electron chi connectivity index (χ4n) is 3.09. The van der Waals surface area contributed by atoms with Crippen molar-refractivity contribution in [2.75, 3.05) is 0 Å². The van der Waals surface area contributed by atoms with E-state index in [9.17, 15) is 9.59 Å². The largest absolute Gasteiger partial charge is 0.299 e. The number of carbonyl (C=O) groups excluding carboxylic acids is 2. The van der Waals surface area contributed by atoms with Crippen molar-refractivity contribution in [1.29, 1.82) is 0 Å². The zero-order chi connectivity index (χ0) is 11.9. The third-order valence-corrected chi connectivity index (χ3v) is 4.33. The van der Waals surface area contributed by atoms with Crippen molar-refractivity contribution < 1.29 is 9.59 Å². The molecular formula is C12H14Cl2O2. The lowest BCUT2D eigenvalue weighted by Crippen LogP contribution is -2.34. The topological polar surface area (TPSA) is 34.1 Å². The van der Waals surface area contributed by atoms with Gasteiger partial charge >= 0.3 is 0 Å². The van der Waals surface area contributed by atoms with Crippen molar-refractivity contribution in [3.05, 3.63) is 10.1 Å². The van der Waals surface area contributed by atoms with Crippen molar-refractivity contribution >= 4 is 34.8 Å². The summed E-state index contributed by atoms with van der Waals surface area (Å²) in [6.45, 7) is 2.01. The van der Waals surface area contributed by atoms with Gasteiger partial charge in [-0.1, -0.05) is 30.1 Å². The van der Waals surface area contributed by atoms with Crippen LogP contribution in [0.25, 0.3) is 0 Å². The Balaban J connectivity index is 2.38. The Morgan fingerprint density at radius 2 is 1.88 bits per heavy atom. The van der Waals surface area contributed by atoms with Crippen LogP contribution in [0.2, 0.25) is 0 Å². The summed E-state index contributed by atoms with van der Waals surface area (Å²) in [5.74, 6) is 0.169. The molecule has 3 atom stereocenters. The Morgan fingerprint density at radius 1 is 1.25 bits per heavy atom. The first-order valence-corrected chi connectivity index (χ1v) is 6.41. The van der Waals surface area contributed by atoms with E-state index in [2.05, 4.69) is 0 Å². The fraction of sp³-hybridized carbons (Fsp3) is 0.667. The van der Waals surface area contributed by atoms with Gasteiger partial charge in [-0.15, -0.1) is 0 Å². The molecule has 0 aromatic heterocycles. The van der Waals surface area contributed by atoms with Crippen molar-refractivity contribution in [3.63, 3.8) is 0 Å². The lowest BCUT2D eigenvalue weighted by atomic mass is 9.75. The second kappa shape index (κ2) is 4.50. The second-order valence-electron chi connectivity index (χ2n) is 4.57. The summed E-state index contributed by atoms with van der Waals surface area (Å²) in [5.41, 5.74) is 0.907. The number of ketones is 2. The van der Waals surface area contributed by atoms with Gasteiger partial charge < -0.3 is 0 Å². The summed E-state index contributed by atoms with van der Waals surface area (Å²) in [6, 6.07) is 0. The molecule has 2 aliphatic carbocycles. The van der Waals surface area contributed by atoms with E-state index in [1.165, 1.54) is 0 Å². The smallest absolute Gasteiger partial charge is 0.137 e. The molecule has 2 aliphatic rings. The van der Waals surface area contributed by atoms with Crippen LogP contribution in [0.4, 0.5) is 0 Å². The van der Waals surface area contributed by atoms with Gasteiger partial charge in [0.15, 0.2) is 0 Å². The van der Waals surface area contributed by atoms with Crippen LogP contribution in [0.1, 0.15) is 32.6 Å². The summed E-state index contributed by atoms with van der Waals surface area (Å²) in [7, 11) is 0. The molecule has 2 rings (SSSR count). The summed E-state index contributed by atoms with van der Waals surface area (Å²) in [4.78, 5) is 23.7. The zero-order valence-electron chi connectivity index (χ0n) is 9.13. The molecule has 0 N–H and O–H groups in total. The Kier molecular flexibility index (Phi) is 3.41. The molecule has 88 valence electrons. The maximum Gasteiger partial charge on any atom is 0.137 e. The second-order valence-corrected chi connectivity index (χ2v) is 5.52. The number of rotatable bonds is 1. The number of hydrogen-bond acceptors (Lipinski definition) is 2. The highest BCUT2D eigenvalue weighted by Crippen LogP contribution is 2.49. The average Bonchev–Trinajstić information content (AvgIpc) is 2.64. The maximum atomic E-state index is 11.9. The van der Waals surface area contributed by atoms with Gasteiger partial charge in [0, 0.05) is 24.7 Å². The molecule has 0 heterocycles. The van der Waals surface area contributed by atoms with Crippen LogP contribution in [-0.2, 0) is 9.59 Å². The van der Waals surface area contributed by atoms with E-state index in [1.807, 2.05) is 6.92 Å². The normalized spacial score (nSPS) is 34.2. The van der Waals surface area contributed by atoms with Crippen LogP contribution in [0.3, 0.4) is 0 Å². The SMILES string of the molecule is CCC1C(=C(Cl)Cl)CC2C(=O)CCC(=O)C21. The number of fused-ring (bicyclic) bond motifs is 1. The van der Waals surface area contributed by atoms with Crippen LogP contribution in [0, 0.1) is 17.8 Å². The maximum absolute atomic E-state index is 11.9. The molecule has 2 saturated carbocycles. The number of carbonyl (C=O) groups is 2. The summed E-state index contributed by atoms with van der Waals surface area (Å²) in [6.07, 6.45) is 2.18. The van der Waals surface area contributed by atoms with Crippen molar-refractivity contribution in [1.82, 2.24) is 0 Å². The quantitative estimate of drug-likeness (QED) is 0.726. The first-order valence-electron chi connectivity index (χ1n) is 5.65. The van der Waals surface area contributed by atoms with E-state index in [4.69, 9.17) is 23.2 Å². The minimum atomic E-state index is -0.159. The Morgan fingerprint density at radius 3 is 2.44 bits per heavy atom. The molecule has 0 radical (unpaired) electrons. The molecule has 4 heteroatoms. The van der Waals surface area contributed by atoms with E-state index in [0.29, 0.717) is 19.3 Å². The summed E-state index contributed by atoms with van der Waals surface area (Å²) in [5, 5.41) is 0. The third-order valence-electron chi connectivity index (χ3n) is 3.84. The molecule has 0 bridgehead atoms. The van der Waals surface area contributed by atoms with Gasteiger partial charge in [0.1, 0.15) is 16.1 Å². The standard InChI is InChI=1S/C12H14Cl2O2/c1-2-6-7(12(13)14)5-8-9(15)3-4-10(16)11(6)8/h6,8,11H,2-5H2,1H3. The molecule has 2 fully saturated rings. The number of Topliss-reactive ketones (excluding diaryl/α,β-unsaturated/α-hetero) is 2. The van der Waals surface area contributed by atoms with Crippen LogP contribution >= 0.6 is 23.2 Å². The highest BCUT2D eigenvalue weighted by atomic mass is 35.5. The Labute approximate surface area is 105 Å². The van der Waals surface area contributed by atoms with E-state index >= 15 is 0 Å². The highest BCUT2D eigenvalue weighted by molar-refractivity contribution is 6.56. The first-order chi connectivity index (χ1) is 7.56. The molecule has 0 aliphatic heterocycles. The zero-order valence-corrected chi connectivity index (χ0v) is 10.6. The molecule has 3 unspecified atom stereocenters. The summed E-state index contributed by atoms with van der Waals surface area (Å²) >= 11 is 11.7. The molecule has 2 nitrogen and oxygen atoms in total. The van der Waals surface area contributed by atoms with E-state index in [-0.39, 0.29) is 33.8 Å². The molecule has 16 heavy (non-hydrogen) atoms. The molecule has 0 aromatic carbocycles. The molecular weight excluding hydrogens is 247 g/mol. The van der Waals surface area contributed by atoms with Gasteiger partial charge in [0.2, 0.25) is 0 Å². The fourth-order valence-corrected chi connectivity index (χ4v) is 3.53. The molecule has 0 amide bonds. The number of hydrogen-bond donors (Lipinski definition) is 0. The number of halogens is 2. The van der Waals surface area contributed by atoms with Crippen LogP contribution < -0.4 is 0 Å². The van der Waals surface area contributed by atoms with Gasteiger partial charge in [-0.3, -0.25) is 9.59 Å². The summed E-state index contributed by atoms with van der Waals surface area (Å²) < 4.78 is 0.252. The highest BCUT2D eigenvalue weighted by Gasteiger charge is 2.48. The van der Waals surface area contributed by atoms with Crippen LogP contribution in [0.5, 0.6) is 0 Å². The lowest BCUT2D eigenvalue weighted by Gasteiger charge is -2.26. The molecule has 0 saturated heterocycles. The lowest BCUT2D eigenvalue weighted by molar-refractivity contribution is -0.137. The van der Waals surface area contributed by atoms with Gasteiger partial charge in [0.25, 0.3) is 0 Å². The predicted octanol–water partition coefficient (Wildman–Crippen LogP) is 3.27. The van der Waals surface area contributed by atoms with Gasteiger partial charge in [-0.2, -0.15) is 0 Å². The van der Waals surface area contributed by atoms with Crippen molar-refractivity contribution in [3.8, 4) is 0 Å². The predicted molar refractivity (Wildman–Crippen MR) is 63.4 cm³/mol. The Bertz CT molecular complexity index is 369. The van der Waals surface area contributed by atoms with Gasteiger partial charge in [-0.25, -0.2) is 0 Å². The first kappa shape index (κ1) is 12.1. The minimum absolute atomic E-state index is 0.0757. The van der Waals surface area contributed by atoms with Gasteiger partial charge in [-0.05, 0) is 24.3 Å². The van der Waals surface area contributed by atoms with E-state index < -0.39 is 0 Å².